The molecule has 0 aliphatic heterocycles. The first kappa shape index (κ1) is 22.1. The number of fused-ring (bicyclic) bond motifs is 1. The third-order valence-corrected chi connectivity index (χ3v) is 7.98. The van der Waals surface area contributed by atoms with Crippen LogP contribution < -0.4 is 0 Å². The topological polar surface area (TPSA) is 50.9 Å². The molecule has 0 saturated carbocycles. The summed E-state index contributed by atoms with van der Waals surface area (Å²) < 4.78 is 0. The molecule has 1 unspecified atom stereocenters. The Kier molecular flexibility index (Phi) is 5.20. The van der Waals surface area contributed by atoms with Crippen molar-refractivity contribution in [3.63, 3.8) is 0 Å². The highest BCUT2D eigenvalue weighted by Crippen LogP contribution is 2.60. The minimum atomic E-state index is -0.416. The summed E-state index contributed by atoms with van der Waals surface area (Å²) in [5.74, 6) is 0.322. The monoisotopic (exact) mass is 449 g/mol. The lowest BCUT2D eigenvalue weighted by molar-refractivity contribution is 0.104. The van der Waals surface area contributed by atoms with E-state index < -0.39 is 5.41 Å². The minimum absolute atomic E-state index is 0.275. The van der Waals surface area contributed by atoms with Crippen LogP contribution in [0.3, 0.4) is 0 Å². The Bertz CT molecular complexity index is 1360. The van der Waals surface area contributed by atoms with E-state index in [-0.39, 0.29) is 10.8 Å². The molecule has 1 N–H and O–H groups in total. The molecule has 0 spiro atoms. The number of aromatic hydroxyl groups is 1. The van der Waals surface area contributed by atoms with Crippen LogP contribution in [-0.4, -0.2) is 20.1 Å². The second kappa shape index (κ2) is 7.98. The highest BCUT2D eigenvalue weighted by Gasteiger charge is 2.56. The SMILES string of the molecule is CC(C)(c1ccccc1)C1(C(C)(C)c2ccccc2O)C=CC=C(n2nc3ccccc3n2)C1. The molecule has 0 radical (unpaired) electrons. The molecule has 0 fully saturated rings. The maximum atomic E-state index is 10.9. The van der Waals surface area contributed by atoms with Crippen molar-refractivity contribution >= 4 is 16.7 Å². The molecule has 1 aliphatic carbocycles. The Morgan fingerprint density at radius 1 is 0.765 bits per heavy atom. The second-order valence-corrected chi connectivity index (χ2v) is 10.3. The zero-order valence-corrected chi connectivity index (χ0v) is 20.2. The van der Waals surface area contributed by atoms with Gasteiger partial charge in [0.05, 0.1) is 5.70 Å². The van der Waals surface area contributed by atoms with Crippen LogP contribution in [-0.2, 0) is 10.8 Å². The normalized spacial score (nSPS) is 18.8. The van der Waals surface area contributed by atoms with E-state index in [1.54, 1.807) is 10.9 Å². The van der Waals surface area contributed by atoms with E-state index in [9.17, 15) is 5.11 Å². The third kappa shape index (κ3) is 3.28. The highest BCUT2D eigenvalue weighted by atomic mass is 16.3. The molecule has 0 bridgehead atoms. The van der Waals surface area contributed by atoms with Gasteiger partial charge in [-0.1, -0.05) is 101 Å². The lowest BCUT2D eigenvalue weighted by Gasteiger charge is -2.56. The van der Waals surface area contributed by atoms with Gasteiger partial charge < -0.3 is 5.11 Å². The number of hydrogen-bond donors (Lipinski definition) is 1. The van der Waals surface area contributed by atoms with Crippen LogP contribution in [0.15, 0.2) is 97.1 Å². The van der Waals surface area contributed by atoms with Gasteiger partial charge in [-0.2, -0.15) is 4.80 Å². The average molecular weight is 450 g/mol. The predicted octanol–water partition coefficient (Wildman–Crippen LogP) is 6.88. The maximum absolute atomic E-state index is 10.9. The fourth-order valence-electron chi connectivity index (χ4n) is 5.85. The summed E-state index contributed by atoms with van der Waals surface area (Å²) in [6.45, 7) is 9.11. The van der Waals surface area contributed by atoms with E-state index in [2.05, 4.69) is 76.3 Å². The van der Waals surface area contributed by atoms with E-state index in [1.165, 1.54) is 5.56 Å². The molecule has 5 rings (SSSR count). The van der Waals surface area contributed by atoms with E-state index in [4.69, 9.17) is 10.2 Å². The summed E-state index contributed by atoms with van der Waals surface area (Å²) in [6.07, 6.45) is 7.30. The number of hydrogen-bond acceptors (Lipinski definition) is 3. The van der Waals surface area contributed by atoms with Gasteiger partial charge >= 0.3 is 0 Å². The molecular weight excluding hydrogens is 418 g/mol. The molecule has 172 valence electrons. The number of allylic oxidation sites excluding steroid dienone is 4. The van der Waals surface area contributed by atoms with Crippen LogP contribution in [0.25, 0.3) is 16.7 Å². The van der Waals surface area contributed by atoms with Crippen molar-refractivity contribution in [3.8, 4) is 5.75 Å². The van der Waals surface area contributed by atoms with Crippen LogP contribution in [0, 0.1) is 5.41 Å². The molecule has 1 aromatic heterocycles. The average Bonchev–Trinajstić information content (AvgIpc) is 3.29. The van der Waals surface area contributed by atoms with Gasteiger partial charge in [0.15, 0.2) is 0 Å². The van der Waals surface area contributed by atoms with E-state index in [1.807, 2.05) is 42.5 Å². The molecule has 4 nitrogen and oxygen atoms in total. The number of aromatic nitrogens is 3. The fraction of sp³-hybridized carbons (Fsp3) is 0.267. The summed E-state index contributed by atoms with van der Waals surface area (Å²) in [6, 6.07) is 26.3. The maximum Gasteiger partial charge on any atom is 0.119 e. The number of benzene rings is 3. The van der Waals surface area contributed by atoms with E-state index in [0.29, 0.717) is 12.2 Å². The largest absolute Gasteiger partial charge is 0.508 e. The molecule has 1 aliphatic rings. The van der Waals surface area contributed by atoms with Gasteiger partial charge in [-0.25, -0.2) is 0 Å². The lowest BCUT2D eigenvalue weighted by atomic mass is 9.47. The highest BCUT2D eigenvalue weighted by molar-refractivity contribution is 5.74. The van der Waals surface area contributed by atoms with Crippen molar-refractivity contribution in [2.24, 2.45) is 5.41 Å². The Hall–Kier alpha value is -3.66. The summed E-state index contributed by atoms with van der Waals surface area (Å²) in [7, 11) is 0. The Labute approximate surface area is 201 Å². The number of rotatable bonds is 5. The first-order chi connectivity index (χ1) is 16.3. The first-order valence-corrected chi connectivity index (χ1v) is 11.8. The molecular formula is C30H31N3O. The minimum Gasteiger partial charge on any atom is -0.508 e. The summed E-state index contributed by atoms with van der Waals surface area (Å²) in [5, 5.41) is 20.5. The molecule has 1 heterocycles. The van der Waals surface area contributed by atoms with Crippen LogP contribution in [0.5, 0.6) is 5.75 Å². The third-order valence-electron chi connectivity index (χ3n) is 7.98. The van der Waals surface area contributed by atoms with Gasteiger partial charge in [0.1, 0.15) is 16.8 Å². The van der Waals surface area contributed by atoms with Crippen molar-refractivity contribution in [2.75, 3.05) is 0 Å². The van der Waals surface area contributed by atoms with Gasteiger partial charge in [-0.3, -0.25) is 0 Å². The number of phenolic OH excluding ortho intramolecular Hbond substituents is 1. The van der Waals surface area contributed by atoms with Crippen LogP contribution >= 0.6 is 0 Å². The molecule has 0 amide bonds. The molecule has 4 aromatic rings. The first-order valence-electron chi connectivity index (χ1n) is 11.8. The van der Waals surface area contributed by atoms with Gasteiger partial charge in [0.25, 0.3) is 0 Å². The number of nitrogens with zero attached hydrogens (tertiary/aromatic N) is 3. The molecule has 34 heavy (non-hydrogen) atoms. The molecule has 4 heteroatoms. The molecule has 1 atom stereocenters. The van der Waals surface area contributed by atoms with Crippen LogP contribution in [0.4, 0.5) is 0 Å². The Morgan fingerprint density at radius 2 is 1.35 bits per heavy atom. The van der Waals surface area contributed by atoms with Gasteiger partial charge in [-0.05, 0) is 35.3 Å². The fourth-order valence-corrected chi connectivity index (χ4v) is 5.85. The van der Waals surface area contributed by atoms with Gasteiger partial charge in [-0.15, -0.1) is 10.2 Å². The summed E-state index contributed by atoms with van der Waals surface area (Å²) >= 11 is 0. The number of phenols is 1. The van der Waals surface area contributed by atoms with Gasteiger partial charge in [0, 0.05) is 22.8 Å². The van der Waals surface area contributed by atoms with Crippen molar-refractivity contribution in [2.45, 2.75) is 44.9 Å². The molecule has 0 saturated heterocycles. The summed E-state index contributed by atoms with van der Waals surface area (Å²) in [5.41, 5.74) is 3.90. The van der Waals surface area contributed by atoms with Crippen molar-refractivity contribution in [1.29, 1.82) is 0 Å². The second-order valence-electron chi connectivity index (χ2n) is 10.3. The predicted molar refractivity (Wildman–Crippen MR) is 139 cm³/mol. The van der Waals surface area contributed by atoms with Gasteiger partial charge in [0.2, 0.25) is 0 Å². The van der Waals surface area contributed by atoms with Crippen molar-refractivity contribution < 1.29 is 5.11 Å². The van der Waals surface area contributed by atoms with Crippen molar-refractivity contribution in [3.05, 3.63) is 108 Å². The zero-order chi connectivity index (χ0) is 24.0. The number of para-hydroxylation sites is 1. The summed E-state index contributed by atoms with van der Waals surface area (Å²) in [4.78, 5) is 1.78. The van der Waals surface area contributed by atoms with E-state index >= 15 is 0 Å². The standard InChI is InChI=1S/C30H31N3O/c1-28(2,22-13-6-5-7-14-22)30(29(3,4)24-16-8-11-19-27(24)34)20-12-15-23(21-30)33-31-25-17-9-10-18-26(25)32-33/h5-20,34H,21H2,1-4H3. The Balaban J connectivity index is 1.70. The van der Waals surface area contributed by atoms with Crippen molar-refractivity contribution in [1.82, 2.24) is 15.0 Å². The van der Waals surface area contributed by atoms with Crippen LogP contribution in [0.1, 0.15) is 45.2 Å². The van der Waals surface area contributed by atoms with Crippen LogP contribution in [0.2, 0.25) is 0 Å². The smallest absolute Gasteiger partial charge is 0.119 e. The quantitative estimate of drug-likeness (QED) is 0.361. The Morgan fingerprint density at radius 3 is 2.00 bits per heavy atom. The molecule has 3 aromatic carbocycles. The zero-order valence-electron chi connectivity index (χ0n) is 20.2. The lowest BCUT2D eigenvalue weighted by Crippen LogP contribution is -2.53. The van der Waals surface area contributed by atoms with E-state index in [0.717, 1.165) is 22.3 Å².